The van der Waals surface area contributed by atoms with Gasteiger partial charge in [0.25, 0.3) is 0 Å². The first-order chi connectivity index (χ1) is 6.77. The van der Waals surface area contributed by atoms with Gasteiger partial charge in [0, 0.05) is 13.0 Å². The van der Waals surface area contributed by atoms with Crippen LogP contribution in [0.2, 0.25) is 0 Å². The highest BCUT2D eigenvalue weighted by molar-refractivity contribution is 5.24. The Labute approximate surface area is 85.2 Å². The second-order valence-corrected chi connectivity index (χ2v) is 3.52. The number of aryl methyl sites for hydroxylation is 1. The van der Waals surface area contributed by atoms with Gasteiger partial charge in [-0.15, -0.1) is 0 Å². The van der Waals surface area contributed by atoms with E-state index in [0.29, 0.717) is 6.42 Å². The Morgan fingerprint density at radius 3 is 2.36 bits per heavy atom. The zero-order valence-corrected chi connectivity index (χ0v) is 8.61. The molecule has 78 valence electrons. The Hall–Kier alpha value is -0.860. The van der Waals surface area contributed by atoms with Gasteiger partial charge in [-0.05, 0) is 17.5 Å². The minimum atomic E-state index is -0.532. The average molecular weight is 194 g/mol. The molecule has 1 rings (SSSR count). The van der Waals surface area contributed by atoms with Crippen molar-refractivity contribution in [2.75, 3.05) is 6.61 Å². The number of benzene rings is 1. The maximum Gasteiger partial charge on any atom is 0.0811 e. The predicted molar refractivity (Wildman–Crippen MR) is 57.1 cm³/mol. The molecule has 0 radical (unpaired) electrons. The normalized spacial score (nSPS) is 12.8. The molecule has 0 amide bonds. The Kier molecular flexibility index (Phi) is 4.63. The molecular formula is C12H18O2. The summed E-state index contributed by atoms with van der Waals surface area (Å²) in [6, 6.07) is 7.95. The van der Waals surface area contributed by atoms with Crippen molar-refractivity contribution in [3.63, 3.8) is 0 Å². The van der Waals surface area contributed by atoms with E-state index in [0.717, 1.165) is 18.4 Å². The van der Waals surface area contributed by atoms with Gasteiger partial charge in [-0.1, -0.05) is 37.6 Å². The maximum atomic E-state index is 9.58. The predicted octanol–water partition coefficient (Wildman–Crippen LogP) is 2.05. The molecule has 2 N–H and O–H groups in total. The highest BCUT2D eigenvalue weighted by Crippen LogP contribution is 2.17. The Balaban J connectivity index is 2.62. The van der Waals surface area contributed by atoms with Crippen molar-refractivity contribution in [1.82, 2.24) is 0 Å². The molecule has 1 aromatic rings. The van der Waals surface area contributed by atoms with Crippen LogP contribution in [0.1, 0.15) is 37.0 Å². The lowest BCUT2D eigenvalue weighted by atomic mass is 10.0. The van der Waals surface area contributed by atoms with Crippen molar-refractivity contribution in [2.45, 2.75) is 32.3 Å². The van der Waals surface area contributed by atoms with Gasteiger partial charge in [-0.3, -0.25) is 0 Å². The summed E-state index contributed by atoms with van der Waals surface area (Å²) in [4.78, 5) is 0. The largest absolute Gasteiger partial charge is 0.396 e. The van der Waals surface area contributed by atoms with Crippen LogP contribution in [0.15, 0.2) is 24.3 Å². The molecule has 0 aliphatic carbocycles. The van der Waals surface area contributed by atoms with E-state index < -0.39 is 6.10 Å². The van der Waals surface area contributed by atoms with Crippen molar-refractivity contribution >= 4 is 0 Å². The smallest absolute Gasteiger partial charge is 0.0811 e. The van der Waals surface area contributed by atoms with Gasteiger partial charge >= 0.3 is 0 Å². The molecule has 2 heteroatoms. The minimum absolute atomic E-state index is 0.0257. The van der Waals surface area contributed by atoms with Crippen LogP contribution in [0.4, 0.5) is 0 Å². The van der Waals surface area contributed by atoms with Crippen LogP contribution in [-0.4, -0.2) is 16.8 Å². The maximum absolute atomic E-state index is 9.58. The summed E-state index contributed by atoms with van der Waals surface area (Å²) < 4.78 is 0. The van der Waals surface area contributed by atoms with Crippen molar-refractivity contribution in [3.8, 4) is 0 Å². The van der Waals surface area contributed by atoms with E-state index in [4.69, 9.17) is 5.11 Å². The van der Waals surface area contributed by atoms with E-state index in [1.54, 1.807) is 0 Å². The van der Waals surface area contributed by atoms with Gasteiger partial charge in [0.2, 0.25) is 0 Å². The molecule has 0 aromatic heterocycles. The second-order valence-electron chi connectivity index (χ2n) is 3.52. The van der Waals surface area contributed by atoms with Crippen molar-refractivity contribution in [3.05, 3.63) is 35.4 Å². The minimum Gasteiger partial charge on any atom is -0.396 e. The molecule has 2 nitrogen and oxygen atoms in total. The third-order valence-corrected chi connectivity index (χ3v) is 2.31. The van der Waals surface area contributed by atoms with Crippen LogP contribution < -0.4 is 0 Å². The second kappa shape index (κ2) is 5.78. The molecular weight excluding hydrogens is 176 g/mol. The van der Waals surface area contributed by atoms with Gasteiger partial charge in [-0.25, -0.2) is 0 Å². The zero-order valence-electron chi connectivity index (χ0n) is 8.61. The summed E-state index contributed by atoms with van der Waals surface area (Å²) in [5.74, 6) is 0. The van der Waals surface area contributed by atoms with Crippen LogP contribution in [0.3, 0.4) is 0 Å². The quantitative estimate of drug-likeness (QED) is 0.753. The highest BCUT2D eigenvalue weighted by atomic mass is 16.3. The van der Waals surface area contributed by atoms with Crippen LogP contribution in [0, 0.1) is 0 Å². The summed E-state index contributed by atoms with van der Waals surface area (Å²) in [6.45, 7) is 2.17. The molecule has 0 spiro atoms. The van der Waals surface area contributed by atoms with Crippen LogP contribution in [-0.2, 0) is 6.42 Å². The first-order valence-corrected chi connectivity index (χ1v) is 5.15. The first kappa shape index (κ1) is 11.2. The van der Waals surface area contributed by atoms with Gasteiger partial charge in [0.15, 0.2) is 0 Å². The van der Waals surface area contributed by atoms with Crippen molar-refractivity contribution < 1.29 is 10.2 Å². The molecule has 14 heavy (non-hydrogen) atoms. The zero-order chi connectivity index (χ0) is 10.4. The highest BCUT2D eigenvalue weighted by Gasteiger charge is 2.05. The van der Waals surface area contributed by atoms with Gasteiger partial charge in [0.05, 0.1) is 6.10 Å². The number of hydrogen-bond acceptors (Lipinski definition) is 2. The average Bonchev–Trinajstić information content (AvgIpc) is 2.20. The lowest BCUT2D eigenvalue weighted by Gasteiger charge is -2.09. The lowest BCUT2D eigenvalue weighted by molar-refractivity contribution is 0.134. The third-order valence-electron chi connectivity index (χ3n) is 2.31. The van der Waals surface area contributed by atoms with Gasteiger partial charge in [-0.2, -0.15) is 0 Å². The molecule has 1 aromatic carbocycles. The molecule has 0 heterocycles. The summed E-state index contributed by atoms with van der Waals surface area (Å²) in [5, 5.41) is 18.3. The van der Waals surface area contributed by atoms with E-state index >= 15 is 0 Å². The Bertz CT molecular complexity index is 254. The first-order valence-electron chi connectivity index (χ1n) is 5.15. The topological polar surface area (TPSA) is 40.5 Å². The van der Waals surface area contributed by atoms with E-state index in [1.807, 2.05) is 24.3 Å². The van der Waals surface area contributed by atoms with Crippen molar-refractivity contribution in [1.29, 1.82) is 0 Å². The standard InChI is InChI=1S/C12H18O2/c1-2-3-10-4-6-11(7-5-10)12(14)8-9-13/h4-7,12-14H,2-3,8-9H2,1H3. The molecule has 0 aliphatic rings. The number of hydrogen-bond donors (Lipinski definition) is 2. The van der Waals surface area contributed by atoms with E-state index in [1.165, 1.54) is 5.56 Å². The molecule has 1 unspecified atom stereocenters. The fourth-order valence-electron chi connectivity index (χ4n) is 1.48. The summed E-state index contributed by atoms with van der Waals surface area (Å²) >= 11 is 0. The fourth-order valence-corrected chi connectivity index (χ4v) is 1.48. The third kappa shape index (κ3) is 3.13. The molecule has 0 fully saturated rings. The van der Waals surface area contributed by atoms with E-state index in [9.17, 15) is 5.11 Å². The molecule has 0 bridgehead atoms. The van der Waals surface area contributed by atoms with E-state index in [2.05, 4.69) is 6.92 Å². The molecule has 1 atom stereocenters. The summed E-state index contributed by atoms with van der Waals surface area (Å²) in [5.41, 5.74) is 2.19. The number of rotatable bonds is 5. The van der Waals surface area contributed by atoms with Crippen molar-refractivity contribution in [2.24, 2.45) is 0 Å². The van der Waals surface area contributed by atoms with Crippen LogP contribution >= 0.6 is 0 Å². The lowest BCUT2D eigenvalue weighted by Crippen LogP contribution is -2.00. The summed E-state index contributed by atoms with van der Waals surface area (Å²) in [7, 11) is 0. The fraction of sp³-hybridized carbons (Fsp3) is 0.500. The molecule has 0 saturated heterocycles. The number of aliphatic hydroxyl groups is 2. The van der Waals surface area contributed by atoms with Gasteiger partial charge < -0.3 is 10.2 Å². The monoisotopic (exact) mass is 194 g/mol. The van der Waals surface area contributed by atoms with E-state index in [-0.39, 0.29) is 6.61 Å². The van der Waals surface area contributed by atoms with Crippen LogP contribution in [0.5, 0.6) is 0 Å². The SMILES string of the molecule is CCCc1ccc(C(O)CCO)cc1. The Morgan fingerprint density at radius 1 is 1.21 bits per heavy atom. The summed E-state index contributed by atoms with van der Waals surface area (Å²) in [6.07, 6.45) is 2.10. The molecule has 0 saturated carbocycles. The molecule has 0 aliphatic heterocycles. The van der Waals surface area contributed by atoms with Crippen LogP contribution in [0.25, 0.3) is 0 Å². The van der Waals surface area contributed by atoms with Gasteiger partial charge in [0.1, 0.15) is 0 Å². The Morgan fingerprint density at radius 2 is 1.86 bits per heavy atom. The number of aliphatic hydroxyl groups excluding tert-OH is 2.